The molecule has 1 aliphatic rings. The Morgan fingerprint density at radius 1 is 1.45 bits per heavy atom. The number of nitrogen functional groups attached to an aromatic ring is 1. The van der Waals surface area contributed by atoms with E-state index in [2.05, 4.69) is 0 Å². The van der Waals surface area contributed by atoms with Crippen molar-refractivity contribution >= 4 is 38.9 Å². The quantitative estimate of drug-likeness (QED) is 0.777. The number of carbonyl (C=O) groups excluding carboxylic acids is 1. The third-order valence-electron chi connectivity index (χ3n) is 3.20. The van der Waals surface area contributed by atoms with Crippen molar-refractivity contribution in [1.82, 2.24) is 0 Å². The first-order chi connectivity index (χ1) is 9.30. The molecule has 1 fully saturated rings. The zero-order valence-corrected chi connectivity index (χ0v) is 12.7. The van der Waals surface area contributed by atoms with Crippen molar-refractivity contribution in [1.29, 1.82) is 0 Å². The number of anilines is 2. The average Bonchev–Trinajstić information content (AvgIpc) is 2.37. The molecule has 0 aromatic heterocycles. The van der Waals surface area contributed by atoms with Gasteiger partial charge in [0.1, 0.15) is 5.37 Å². The van der Waals surface area contributed by atoms with Crippen LogP contribution in [-0.4, -0.2) is 44.0 Å². The van der Waals surface area contributed by atoms with Gasteiger partial charge in [-0.1, -0.05) is 0 Å². The molecule has 1 unspecified atom stereocenters. The molecule has 1 heterocycles. The molecule has 0 spiro atoms. The van der Waals surface area contributed by atoms with Crippen molar-refractivity contribution in [3.8, 4) is 0 Å². The van der Waals surface area contributed by atoms with E-state index in [9.17, 15) is 13.2 Å². The summed E-state index contributed by atoms with van der Waals surface area (Å²) in [5, 5.41) is -0.594. The number of primary amides is 1. The highest BCUT2D eigenvalue weighted by Crippen LogP contribution is 2.31. The maximum absolute atomic E-state index is 11.9. The van der Waals surface area contributed by atoms with Crippen molar-refractivity contribution in [3.05, 3.63) is 23.8 Å². The molecule has 4 N–H and O–H groups in total. The maximum atomic E-state index is 11.9. The van der Waals surface area contributed by atoms with E-state index in [-0.39, 0.29) is 0 Å². The van der Waals surface area contributed by atoms with Crippen molar-refractivity contribution in [2.24, 2.45) is 5.73 Å². The summed E-state index contributed by atoms with van der Waals surface area (Å²) in [4.78, 5) is 12.9. The first kappa shape index (κ1) is 15.0. The monoisotopic (exact) mass is 315 g/mol. The molecule has 1 saturated heterocycles. The molecule has 1 aromatic rings. The first-order valence-electron chi connectivity index (χ1n) is 6.03. The Hall–Kier alpha value is -1.41. The van der Waals surface area contributed by atoms with Gasteiger partial charge in [-0.3, -0.25) is 4.79 Å². The Bertz CT molecular complexity index is 631. The lowest BCUT2D eigenvalue weighted by Gasteiger charge is -2.36. The molecule has 1 aromatic carbocycles. The topological polar surface area (TPSA) is 106 Å². The number of thioether (sulfide) groups is 1. The fourth-order valence-corrected chi connectivity index (χ4v) is 5.01. The second-order valence-corrected chi connectivity index (χ2v) is 8.04. The maximum Gasteiger partial charge on any atom is 0.248 e. The molecular formula is C12H17N3O3S2. The fraction of sp³-hybridized carbons (Fsp3) is 0.417. The van der Waals surface area contributed by atoms with Gasteiger partial charge >= 0.3 is 0 Å². The Morgan fingerprint density at radius 3 is 2.70 bits per heavy atom. The zero-order chi connectivity index (χ0) is 14.9. The van der Waals surface area contributed by atoms with E-state index in [4.69, 9.17) is 11.5 Å². The molecule has 8 heteroatoms. The second-order valence-electron chi connectivity index (χ2n) is 4.69. The molecular weight excluding hydrogens is 298 g/mol. The van der Waals surface area contributed by atoms with Gasteiger partial charge in [0.25, 0.3) is 0 Å². The van der Waals surface area contributed by atoms with Crippen LogP contribution in [0.5, 0.6) is 0 Å². The lowest BCUT2D eigenvalue weighted by molar-refractivity contribution is 0.100. The summed E-state index contributed by atoms with van der Waals surface area (Å²) in [6.45, 7) is 0.600. The van der Waals surface area contributed by atoms with Gasteiger partial charge in [0, 0.05) is 29.9 Å². The van der Waals surface area contributed by atoms with Gasteiger partial charge in [0.05, 0.1) is 11.4 Å². The summed E-state index contributed by atoms with van der Waals surface area (Å²) in [6, 6.07) is 4.71. The minimum absolute atomic E-state index is 0.313. The lowest BCUT2D eigenvalue weighted by atomic mass is 10.1. The molecule has 1 amide bonds. The van der Waals surface area contributed by atoms with Crippen LogP contribution in [0.2, 0.25) is 0 Å². The summed E-state index contributed by atoms with van der Waals surface area (Å²) in [5.74, 6) is 0.788. The zero-order valence-electron chi connectivity index (χ0n) is 11.1. The minimum atomic E-state index is -3.21. The van der Waals surface area contributed by atoms with E-state index in [0.29, 0.717) is 29.2 Å². The van der Waals surface area contributed by atoms with Gasteiger partial charge in [0.15, 0.2) is 9.84 Å². The molecule has 0 radical (unpaired) electrons. The minimum Gasteiger partial charge on any atom is -0.397 e. The number of hydrogen-bond acceptors (Lipinski definition) is 6. The van der Waals surface area contributed by atoms with Gasteiger partial charge in [-0.05, 0) is 18.2 Å². The molecule has 0 saturated carbocycles. The van der Waals surface area contributed by atoms with Crippen LogP contribution in [0, 0.1) is 0 Å². The Kier molecular flexibility index (Phi) is 4.14. The van der Waals surface area contributed by atoms with Crippen molar-refractivity contribution in [2.75, 3.05) is 34.9 Å². The molecule has 110 valence electrons. The number of nitrogens with zero attached hydrogens (tertiary/aromatic N) is 1. The van der Waals surface area contributed by atoms with E-state index in [0.717, 1.165) is 5.75 Å². The normalized spacial score (nSPS) is 19.9. The smallest absolute Gasteiger partial charge is 0.248 e. The highest BCUT2D eigenvalue weighted by Gasteiger charge is 2.32. The van der Waals surface area contributed by atoms with Crippen LogP contribution in [0.25, 0.3) is 0 Å². The summed E-state index contributed by atoms with van der Waals surface area (Å²) < 4.78 is 23.8. The van der Waals surface area contributed by atoms with Crippen molar-refractivity contribution in [2.45, 2.75) is 5.37 Å². The first-order valence-corrected chi connectivity index (χ1v) is 9.14. The van der Waals surface area contributed by atoms with E-state index in [1.54, 1.807) is 28.8 Å². The van der Waals surface area contributed by atoms with E-state index in [1.807, 2.05) is 0 Å². The Balaban J connectivity index is 2.40. The third kappa shape index (κ3) is 3.01. The predicted molar refractivity (Wildman–Crippen MR) is 82.7 cm³/mol. The summed E-state index contributed by atoms with van der Waals surface area (Å²) in [6.07, 6.45) is 1.23. The Morgan fingerprint density at radius 2 is 2.15 bits per heavy atom. The van der Waals surface area contributed by atoms with Crippen LogP contribution in [0.3, 0.4) is 0 Å². The highest BCUT2D eigenvalue weighted by molar-refractivity contribution is 8.01. The fourth-order valence-electron chi connectivity index (χ4n) is 2.18. The predicted octanol–water partition coefficient (Wildman–Crippen LogP) is 0.292. The van der Waals surface area contributed by atoms with Crippen LogP contribution in [0.4, 0.5) is 11.4 Å². The van der Waals surface area contributed by atoms with Gasteiger partial charge in [-0.25, -0.2) is 8.42 Å². The van der Waals surface area contributed by atoms with Crippen LogP contribution < -0.4 is 16.4 Å². The number of nitrogens with two attached hydrogens (primary N) is 2. The molecule has 0 bridgehead atoms. The van der Waals surface area contributed by atoms with E-state index < -0.39 is 21.1 Å². The summed E-state index contributed by atoms with van der Waals surface area (Å²) in [7, 11) is -3.21. The van der Waals surface area contributed by atoms with Crippen molar-refractivity contribution < 1.29 is 13.2 Å². The standard InChI is InChI=1S/C12H17N3O3S2/c1-20(17,18)11-7-19-5-4-15(11)10-3-2-8(12(14)16)6-9(10)13/h2-3,6,11H,4-5,7,13H2,1H3,(H2,14,16). The highest BCUT2D eigenvalue weighted by atomic mass is 32.2. The van der Waals surface area contributed by atoms with Crippen LogP contribution in [0.15, 0.2) is 18.2 Å². The Labute approximate surface area is 122 Å². The lowest BCUT2D eigenvalue weighted by Crippen LogP contribution is -2.47. The number of amides is 1. The average molecular weight is 315 g/mol. The van der Waals surface area contributed by atoms with E-state index in [1.165, 1.54) is 12.3 Å². The van der Waals surface area contributed by atoms with E-state index >= 15 is 0 Å². The van der Waals surface area contributed by atoms with Gasteiger partial charge in [-0.15, -0.1) is 0 Å². The third-order valence-corrected chi connectivity index (χ3v) is 5.84. The van der Waals surface area contributed by atoms with Gasteiger partial charge < -0.3 is 16.4 Å². The number of sulfone groups is 1. The number of carbonyl (C=O) groups is 1. The van der Waals surface area contributed by atoms with Gasteiger partial charge in [0.2, 0.25) is 5.91 Å². The summed E-state index contributed by atoms with van der Waals surface area (Å²) in [5.41, 5.74) is 12.5. The van der Waals surface area contributed by atoms with Crippen molar-refractivity contribution in [3.63, 3.8) is 0 Å². The number of rotatable bonds is 3. The molecule has 0 aliphatic carbocycles. The summed E-state index contributed by atoms with van der Waals surface area (Å²) >= 11 is 1.61. The van der Waals surface area contributed by atoms with Gasteiger partial charge in [-0.2, -0.15) is 11.8 Å². The largest absolute Gasteiger partial charge is 0.397 e. The van der Waals surface area contributed by atoms with Crippen LogP contribution in [0.1, 0.15) is 10.4 Å². The molecule has 1 atom stereocenters. The molecule has 1 aliphatic heterocycles. The molecule has 6 nitrogen and oxygen atoms in total. The number of hydrogen-bond donors (Lipinski definition) is 2. The van der Waals surface area contributed by atoms with Crippen LogP contribution in [-0.2, 0) is 9.84 Å². The molecule has 2 rings (SSSR count). The van der Waals surface area contributed by atoms with Crippen LogP contribution >= 0.6 is 11.8 Å². The number of benzene rings is 1. The second kappa shape index (κ2) is 5.53. The molecule has 20 heavy (non-hydrogen) atoms. The SMILES string of the molecule is CS(=O)(=O)C1CSCCN1c1ccc(C(N)=O)cc1N.